The number of carbonyl (C=O) groups is 2. The van der Waals surface area contributed by atoms with E-state index in [1.807, 2.05) is 13.0 Å². The largest absolute Gasteiger partial charge is 0.380 e. The van der Waals surface area contributed by atoms with Crippen LogP contribution in [0.25, 0.3) is 16.9 Å². The Bertz CT molecular complexity index is 1730. The van der Waals surface area contributed by atoms with E-state index in [4.69, 9.17) is 0 Å². The molecule has 0 aliphatic carbocycles. The molecule has 244 valence electrons. The molecule has 0 unspecified atom stereocenters. The molecule has 4 aromatic rings. The number of aliphatic hydroxyl groups is 1. The standard InChI is InChI=1S/C31H36F3N9O3/c1-2-20-17-21(3-4-22(20)29(44)40-13-15-41(16-14-40)30(45)31(46)5-8-35-9-6-31)38-27-28-37-18-24(43(28)12-10-36-27)23-19-42(11-7-32)39-25(23)26(33)34/h3-4,10,12,17-19,26,35,46H,2,5-9,11,13-16H2,1H3,(H,36,38). The molecule has 3 N–H and O–H groups in total. The summed E-state index contributed by atoms with van der Waals surface area (Å²) in [6.07, 6.45) is 4.44. The zero-order valence-electron chi connectivity index (χ0n) is 25.4. The number of hydrogen-bond acceptors (Lipinski definition) is 8. The Morgan fingerprint density at radius 3 is 2.54 bits per heavy atom. The van der Waals surface area contributed by atoms with E-state index in [1.54, 1.807) is 32.5 Å². The maximum Gasteiger partial charge on any atom is 0.282 e. The van der Waals surface area contributed by atoms with E-state index in [0.717, 1.165) is 10.2 Å². The number of amides is 2. The molecular weight excluding hydrogens is 603 g/mol. The summed E-state index contributed by atoms with van der Waals surface area (Å²) in [5.74, 6) is -0.0153. The maximum atomic E-state index is 13.8. The fourth-order valence-corrected chi connectivity index (χ4v) is 6.14. The van der Waals surface area contributed by atoms with Crippen molar-refractivity contribution in [1.29, 1.82) is 0 Å². The number of anilines is 2. The predicted molar refractivity (Wildman–Crippen MR) is 164 cm³/mol. The van der Waals surface area contributed by atoms with Crippen LogP contribution in [0.3, 0.4) is 0 Å². The van der Waals surface area contributed by atoms with Gasteiger partial charge >= 0.3 is 0 Å². The SMILES string of the molecule is CCc1cc(Nc2nccn3c(-c4cn(CCF)nc4C(F)F)cnc23)ccc1C(=O)N1CCN(C(=O)C2(O)CCNCC2)CC1. The highest BCUT2D eigenvalue weighted by molar-refractivity contribution is 5.96. The lowest BCUT2D eigenvalue weighted by Gasteiger charge is -2.40. The fourth-order valence-electron chi connectivity index (χ4n) is 6.14. The average Bonchev–Trinajstić information content (AvgIpc) is 3.70. The second kappa shape index (κ2) is 13.1. The first-order chi connectivity index (χ1) is 22.2. The van der Waals surface area contributed by atoms with Gasteiger partial charge in [0, 0.05) is 61.6 Å². The van der Waals surface area contributed by atoms with Gasteiger partial charge in [-0.15, -0.1) is 0 Å². The van der Waals surface area contributed by atoms with Crippen LogP contribution in [0, 0.1) is 0 Å². The number of piperazine rings is 1. The minimum Gasteiger partial charge on any atom is -0.380 e. The van der Waals surface area contributed by atoms with Crippen molar-refractivity contribution in [3.63, 3.8) is 0 Å². The van der Waals surface area contributed by atoms with Crippen LogP contribution in [0.15, 0.2) is 43.0 Å². The number of hydrogen-bond donors (Lipinski definition) is 3. The Balaban J connectivity index is 1.17. The molecule has 12 nitrogen and oxygen atoms in total. The second-order valence-electron chi connectivity index (χ2n) is 11.5. The molecule has 2 amide bonds. The van der Waals surface area contributed by atoms with Crippen molar-refractivity contribution in [3.05, 3.63) is 59.8 Å². The summed E-state index contributed by atoms with van der Waals surface area (Å²) >= 11 is 0. The fraction of sp³-hybridized carbons (Fsp3) is 0.452. The minimum absolute atomic E-state index is 0.127. The monoisotopic (exact) mass is 639 g/mol. The number of nitrogens with zero attached hydrogens (tertiary/aromatic N) is 7. The molecule has 0 saturated carbocycles. The number of aryl methyl sites for hydroxylation is 2. The van der Waals surface area contributed by atoms with Gasteiger partial charge in [0.25, 0.3) is 18.2 Å². The third kappa shape index (κ3) is 6.03. The van der Waals surface area contributed by atoms with Gasteiger partial charge in [-0.3, -0.25) is 18.7 Å². The molecule has 46 heavy (non-hydrogen) atoms. The molecular formula is C31H36F3N9O3. The van der Waals surface area contributed by atoms with Crippen LogP contribution in [-0.4, -0.2) is 102 Å². The van der Waals surface area contributed by atoms with Gasteiger partial charge in [0.2, 0.25) is 0 Å². The molecule has 2 aliphatic rings. The van der Waals surface area contributed by atoms with Crippen LogP contribution < -0.4 is 10.6 Å². The normalized spacial score (nSPS) is 16.7. The lowest BCUT2D eigenvalue weighted by molar-refractivity contribution is -0.155. The van der Waals surface area contributed by atoms with Gasteiger partial charge in [0.15, 0.2) is 11.5 Å². The molecule has 0 atom stereocenters. The first-order valence-electron chi connectivity index (χ1n) is 15.4. The molecule has 3 aromatic heterocycles. The molecule has 6 rings (SSSR count). The molecule has 1 aromatic carbocycles. The number of alkyl halides is 3. The molecule has 0 spiro atoms. The van der Waals surface area contributed by atoms with Gasteiger partial charge in [-0.2, -0.15) is 5.10 Å². The van der Waals surface area contributed by atoms with Crippen LogP contribution in [-0.2, 0) is 17.8 Å². The van der Waals surface area contributed by atoms with Crippen LogP contribution in [0.4, 0.5) is 24.7 Å². The summed E-state index contributed by atoms with van der Waals surface area (Å²) in [4.78, 5) is 38.8. The zero-order valence-corrected chi connectivity index (χ0v) is 25.4. The van der Waals surface area contributed by atoms with E-state index in [0.29, 0.717) is 86.9 Å². The molecule has 2 saturated heterocycles. The van der Waals surface area contributed by atoms with Crippen molar-refractivity contribution < 1.29 is 27.9 Å². The third-order valence-corrected chi connectivity index (χ3v) is 8.68. The van der Waals surface area contributed by atoms with Crippen molar-refractivity contribution in [2.75, 3.05) is 51.3 Å². The highest BCUT2D eigenvalue weighted by atomic mass is 19.3. The summed E-state index contributed by atoms with van der Waals surface area (Å²) in [5, 5.41) is 21.1. The van der Waals surface area contributed by atoms with Crippen LogP contribution in [0.2, 0.25) is 0 Å². The van der Waals surface area contributed by atoms with E-state index < -0.39 is 24.4 Å². The molecule has 5 heterocycles. The van der Waals surface area contributed by atoms with Crippen molar-refractivity contribution in [2.24, 2.45) is 0 Å². The Hall–Kier alpha value is -4.50. The van der Waals surface area contributed by atoms with E-state index in [9.17, 15) is 27.9 Å². The van der Waals surface area contributed by atoms with Gasteiger partial charge in [-0.1, -0.05) is 6.92 Å². The number of aromatic nitrogens is 5. The van der Waals surface area contributed by atoms with E-state index in [1.165, 1.54) is 18.6 Å². The highest BCUT2D eigenvalue weighted by Gasteiger charge is 2.41. The summed E-state index contributed by atoms with van der Waals surface area (Å²) < 4.78 is 43.2. The molecule has 15 heteroatoms. The van der Waals surface area contributed by atoms with Crippen LogP contribution >= 0.6 is 0 Å². The summed E-state index contributed by atoms with van der Waals surface area (Å²) in [5.41, 5.74) is 1.13. The lowest BCUT2D eigenvalue weighted by Crippen LogP contribution is -2.59. The van der Waals surface area contributed by atoms with Gasteiger partial charge in [0.1, 0.15) is 18.0 Å². The Kier molecular flexibility index (Phi) is 8.95. The summed E-state index contributed by atoms with van der Waals surface area (Å²) in [6.45, 7) is 3.73. The van der Waals surface area contributed by atoms with E-state index >= 15 is 0 Å². The number of halogens is 3. The Labute approximate surface area is 263 Å². The highest BCUT2D eigenvalue weighted by Crippen LogP contribution is 2.32. The van der Waals surface area contributed by atoms with E-state index in [-0.39, 0.29) is 23.9 Å². The number of piperidine rings is 1. The second-order valence-corrected chi connectivity index (χ2v) is 11.5. The lowest BCUT2D eigenvalue weighted by atomic mass is 9.90. The minimum atomic E-state index is -2.85. The summed E-state index contributed by atoms with van der Waals surface area (Å²) in [7, 11) is 0. The number of nitrogens with one attached hydrogen (secondary N) is 2. The molecule has 2 fully saturated rings. The van der Waals surface area contributed by atoms with Crippen LogP contribution in [0.1, 0.15) is 47.8 Å². The molecule has 0 bridgehead atoms. The Morgan fingerprint density at radius 2 is 1.85 bits per heavy atom. The van der Waals surface area contributed by atoms with E-state index in [2.05, 4.69) is 25.7 Å². The maximum absolute atomic E-state index is 13.8. The number of benzene rings is 1. The zero-order chi connectivity index (χ0) is 32.4. The molecule has 2 aliphatic heterocycles. The van der Waals surface area contributed by atoms with Crippen LogP contribution in [0.5, 0.6) is 0 Å². The van der Waals surface area contributed by atoms with Crippen molar-refractivity contribution in [3.8, 4) is 11.3 Å². The van der Waals surface area contributed by atoms with Gasteiger partial charge < -0.3 is 25.5 Å². The third-order valence-electron chi connectivity index (χ3n) is 8.68. The van der Waals surface area contributed by atoms with Gasteiger partial charge in [-0.25, -0.2) is 23.1 Å². The number of imidazole rings is 1. The first-order valence-corrected chi connectivity index (χ1v) is 15.4. The quantitative estimate of drug-likeness (QED) is 0.255. The van der Waals surface area contributed by atoms with Crippen molar-refractivity contribution in [1.82, 2.24) is 39.3 Å². The summed E-state index contributed by atoms with van der Waals surface area (Å²) in [6, 6.07) is 5.39. The molecule has 0 radical (unpaired) electrons. The average molecular weight is 640 g/mol. The van der Waals surface area contributed by atoms with Crippen molar-refractivity contribution in [2.45, 2.75) is 44.8 Å². The topological polar surface area (TPSA) is 133 Å². The first kappa shape index (κ1) is 31.5. The number of fused-ring (bicyclic) bond motifs is 1. The number of carbonyl (C=O) groups excluding carboxylic acids is 2. The number of rotatable bonds is 9. The van der Waals surface area contributed by atoms with Gasteiger partial charge in [-0.05, 0) is 56.1 Å². The van der Waals surface area contributed by atoms with Gasteiger partial charge in [0.05, 0.1) is 18.4 Å². The smallest absolute Gasteiger partial charge is 0.282 e. The predicted octanol–water partition coefficient (Wildman–Crippen LogP) is 3.20. The van der Waals surface area contributed by atoms with Crippen molar-refractivity contribution >= 4 is 29.0 Å². The Morgan fingerprint density at radius 1 is 1.11 bits per heavy atom.